The molecule has 30 heavy (non-hydrogen) atoms. The van der Waals surface area contributed by atoms with E-state index in [0.717, 1.165) is 32.7 Å². The quantitative estimate of drug-likeness (QED) is 0.590. The second-order valence-electron chi connectivity index (χ2n) is 8.20. The molecule has 0 saturated carbocycles. The molecule has 5 heteroatoms. The average molecular weight is 405 g/mol. The molecule has 1 saturated heterocycles. The van der Waals surface area contributed by atoms with Gasteiger partial charge in [0.1, 0.15) is 0 Å². The molecule has 1 aromatic carbocycles. The monoisotopic (exact) mass is 404 g/mol. The van der Waals surface area contributed by atoms with Crippen molar-refractivity contribution in [1.29, 1.82) is 0 Å². The molecule has 158 valence electrons. The smallest absolute Gasteiger partial charge is 0.0558 e. The fourth-order valence-electron chi connectivity index (χ4n) is 4.45. The molecule has 4 rings (SSSR count). The fraction of sp³-hybridized carbons (Fsp3) is 0.400. The van der Waals surface area contributed by atoms with Gasteiger partial charge in [0, 0.05) is 69.6 Å². The molecule has 0 bridgehead atoms. The summed E-state index contributed by atoms with van der Waals surface area (Å²) < 4.78 is 2.47. The lowest BCUT2D eigenvalue weighted by Crippen LogP contribution is -2.35. The Morgan fingerprint density at radius 3 is 2.47 bits per heavy atom. The summed E-state index contributed by atoms with van der Waals surface area (Å²) >= 11 is 0. The Labute approximate surface area is 179 Å². The number of nitrogens with zero attached hydrogens (tertiary/aromatic N) is 4. The van der Waals surface area contributed by atoms with Crippen molar-refractivity contribution in [2.45, 2.75) is 38.5 Å². The number of likely N-dealkylation sites (tertiary alicyclic amines) is 1. The summed E-state index contributed by atoms with van der Waals surface area (Å²) in [5, 5.41) is 9.54. The van der Waals surface area contributed by atoms with Crippen molar-refractivity contribution in [1.82, 2.24) is 19.4 Å². The number of rotatable bonds is 9. The van der Waals surface area contributed by atoms with Gasteiger partial charge in [-0.05, 0) is 42.2 Å². The van der Waals surface area contributed by atoms with Crippen molar-refractivity contribution in [2.75, 3.05) is 26.2 Å². The normalized spacial score (nSPS) is 15.7. The maximum Gasteiger partial charge on any atom is 0.0558 e. The van der Waals surface area contributed by atoms with E-state index >= 15 is 0 Å². The lowest BCUT2D eigenvalue weighted by Gasteiger charge is -2.34. The van der Waals surface area contributed by atoms with Crippen LogP contribution in [-0.2, 0) is 19.6 Å². The summed E-state index contributed by atoms with van der Waals surface area (Å²) in [6.07, 6.45) is 8.30. The summed E-state index contributed by atoms with van der Waals surface area (Å²) in [4.78, 5) is 9.09. The number of aliphatic hydroxyl groups excluding tert-OH is 1. The van der Waals surface area contributed by atoms with Crippen molar-refractivity contribution in [3.63, 3.8) is 0 Å². The summed E-state index contributed by atoms with van der Waals surface area (Å²) in [6, 6.07) is 19.8. The third kappa shape index (κ3) is 5.57. The second-order valence-corrected chi connectivity index (χ2v) is 8.20. The second kappa shape index (κ2) is 10.5. The molecule has 1 aliphatic heterocycles. The van der Waals surface area contributed by atoms with Gasteiger partial charge >= 0.3 is 0 Å². The van der Waals surface area contributed by atoms with E-state index in [4.69, 9.17) is 0 Å². The SMILES string of the molecule is OCCN(Cc1cccnc1)Cc1cccn1C1CCN(Cc2ccccc2)CC1. The minimum absolute atomic E-state index is 0.166. The fourth-order valence-corrected chi connectivity index (χ4v) is 4.45. The van der Waals surface area contributed by atoms with E-state index in [1.165, 1.54) is 29.7 Å². The number of piperidine rings is 1. The van der Waals surface area contributed by atoms with E-state index in [1.54, 1.807) is 6.20 Å². The van der Waals surface area contributed by atoms with Crippen LogP contribution in [0.4, 0.5) is 0 Å². The molecule has 0 amide bonds. The summed E-state index contributed by atoms with van der Waals surface area (Å²) in [5.74, 6) is 0. The maximum atomic E-state index is 9.54. The van der Waals surface area contributed by atoms with Crippen LogP contribution in [0.3, 0.4) is 0 Å². The maximum absolute atomic E-state index is 9.54. The summed E-state index contributed by atoms with van der Waals surface area (Å²) in [6.45, 7) is 5.78. The summed E-state index contributed by atoms with van der Waals surface area (Å²) in [5.41, 5.74) is 3.90. The van der Waals surface area contributed by atoms with Gasteiger partial charge in [0.15, 0.2) is 0 Å². The first kappa shape index (κ1) is 20.8. The largest absolute Gasteiger partial charge is 0.395 e. The van der Waals surface area contributed by atoms with Gasteiger partial charge in [-0.2, -0.15) is 0 Å². The Morgan fingerprint density at radius 2 is 1.73 bits per heavy atom. The van der Waals surface area contributed by atoms with Crippen molar-refractivity contribution in [2.24, 2.45) is 0 Å². The Hall–Kier alpha value is -2.47. The van der Waals surface area contributed by atoms with Gasteiger partial charge in [-0.3, -0.25) is 14.8 Å². The molecule has 3 aromatic rings. The van der Waals surface area contributed by atoms with Crippen LogP contribution in [-0.4, -0.2) is 50.7 Å². The van der Waals surface area contributed by atoms with E-state index < -0.39 is 0 Å². The van der Waals surface area contributed by atoms with Crippen LogP contribution >= 0.6 is 0 Å². The van der Waals surface area contributed by atoms with Crippen LogP contribution in [0, 0.1) is 0 Å². The average Bonchev–Trinajstić information content (AvgIpc) is 3.24. The predicted octanol–water partition coefficient (Wildman–Crippen LogP) is 3.71. The summed E-state index contributed by atoms with van der Waals surface area (Å²) in [7, 11) is 0. The Morgan fingerprint density at radius 1 is 0.933 bits per heavy atom. The van der Waals surface area contributed by atoms with Gasteiger partial charge in [-0.1, -0.05) is 36.4 Å². The highest BCUT2D eigenvalue weighted by Crippen LogP contribution is 2.26. The van der Waals surface area contributed by atoms with Crippen LogP contribution in [0.1, 0.15) is 35.7 Å². The van der Waals surface area contributed by atoms with Crippen LogP contribution in [0.15, 0.2) is 73.2 Å². The van der Waals surface area contributed by atoms with Crippen molar-refractivity contribution < 1.29 is 5.11 Å². The highest BCUT2D eigenvalue weighted by atomic mass is 16.3. The third-order valence-corrected chi connectivity index (χ3v) is 6.00. The van der Waals surface area contributed by atoms with Gasteiger partial charge in [-0.15, -0.1) is 0 Å². The standard InChI is InChI=1S/C25H32N4O/c30-17-16-28(20-23-8-4-12-26-18-23)21-25-9-5-13-29(25)24-10-14-27(15-11-24)19-22-6-2-1-3-7-22/h1-9,12-13,18,24,30H,10-11,14-17,19-21H2. The number of aromatic nitrogens is 2. The third-order valence-electron chi connectivity index (χ3n) is 6.00. The molecule has 1 N–H and O–H groups in total. The van der Waals surface area contributed by atoms with Gasteiger partial charge < -0.3 is 9.67 Å². The Balaban J connectivity index is 1.35. The number of pyridine rings is 1. The zero-order chi connectivity index (χ0) is 20.6. The molecule has 1 aliphatic rings. The zero-order valence-corrected chi connectivity index (χ0v) is 17.6. The van der Waals surface area contributed by atoms with Crippen LogP contribution in [0.5, 0.6) is 0 Å². The number of hydrogen-bond acceptors (Lipinski definition) is 4. The van der Waals surface area contributed by atoms with Crippen LogP contribution in [0.2, 0.25) is 0 Å². The first-order chi connectivity index (χ1) is 14.8. The van der Waals surface area contributed by atoms with Gasteiger partial charge in [0.2, 0.25) is 0 Å². The lowest BCUT2D eigenvalue weighted by molar-refractivity contribution is 0.165. The molecule has 0 radical (unpaired) electrons. The molecule has 0 aliphatic carbocycles. The van der Waals surface area contributed by atoms with E-state index in [-0.39, 0.29) is 6.61 Å². The van der Waals surface area contributed by atoms with Crippen molar-refractivity contribution in [3.8, 4) is 0 Å². The first-order valence-corrected chi connectivity index (χ1v) is 11.0. The lowest BCUT2D eigenvalue weighted by atomic mass is 10.0. The molecule has 2 aromatic heterocycles. The first-order valence-electron chi connectivity index (χ1n) is 11.0. The molecule has 3 heterocycles. The molecule has 0 unspecified atom stereocenters. The Kier molecular flexibility index (Phi) is 7.29. The van der Waals surface area contributed by atoms with E-state index in [1.807, 2.05) is 12.3 Å². The minimum atomic E-state index is 0.166. The van der Waals surface area contributed by atoms with Crippen LogP contribution in [0.25, 0.3) is 0 Å². The Bertz CT molecular complexity index is 872. The van der Waals surface area contributed by atoms with Crippen molar-refractivity contribution in [3.05, 3.63) is 90.0 Å². The van der Waals surface area contributed by atoms with E-state index in [9.17, 15) is 5.11 Å². The number of benzene rings is 1. The van der Waals surface area contributed by atoms with E-state index in [2.05, 4.69) is 74.1 Å². The van der Waals surface area contributed by atoms with Crippen LogP contribution < -0.4 is 0 Å². The topological polar surface area (TPSA) is 44.5 Å². The highest BCUT2D eigenvalue weighted by Gasteiger charge is 2.22. The molecule has 0 spiro atoms. The minimum Gasteiger partial charge on any atom is -0.395 e. The molecular formula is C25H32N4O. The molecule has 5 nitrogen and oxygen atoms in total. The predicted molar refractivity (Wildman–Crippen MR) is 120 cm³/mol. The molecule has 1 fully saturated rings. The highest BCUT2D eigenvalue weighted by molar-refractivity contribution is 5.15. The van der Waals surface area contributed by atoms with Crippen molar-refractivity contribution >= 4 is 0 Å². The number of aliphatic hydroxyl groups is 1. The zero-order valence-electron chi connectivity index (χ0n) is 17.6. The number of hydrogen-bond donors (Lipinski definition) is 1. The molecule has 0 atom stereocenters. The van der Waals surface area contributed by atoms with Gasteiger partial charge in [0.25, 0.3) is 0 Å². The van der Waals surface area contributed by atoms with Gasteiger partial charge in [0.05, 0.1) is 6.61 Å². The molecular weight excluding hydrogens is 372 g/mol. The van der Waals surface area contributed by atoms with Gasteiger partial charge in [-0.25, -0.2) is 0 Å². The van der Waals surface area contributed by atoms with E-state index in [0.29, 0.717) is 12.6 Å².